The van der Waals surface area contributed by atoms with Crippen LogP contribution < -0.4 is 5.32 Å². The number of hydrogen-bond acceptors (Lipinski definition) is 3. The van der Waals surface area contributed by atoms with Gasteiger partial charge in [0.05, 0.1) is 0 Å². The zero-order valence-corrected chi connectivity index (χ0v) is 10.6. The first-order chi connectivity index (χ1) is 7.99. The Hall–Kier alpha value is -1.10. The fraction of sp³-hybridized carbons (Fsp3) is 0.833. The summed E-state index contributed by atoms with van der Waals surface area (Å²) in [5, 5.41) is 11.5. The van der Waals surface area contributed by atoms with Crippen LogP contribution >= 0.6 is 0 Å². The van der Waals surface area contributed by atoms with Crippen LogP contribution in [0.5, 0.6) is 0 Å². The largest absolute Gasteiger partial charge is 0.481 e. The monoisotopic (exact) mass is 242 g/mol. The smallest absolute Gasteiger partial charge is 0.303 e. The van der Waals surface area contributed by atoms with E-state index in [2.05, 4.69) is 24.2 Å². The molecule has 1 rings (SSSR count). The van der Waals surface area contributed by atoms with Gasteiger partial charge in [0.1, 0.15) is 0 Å². The summed E-state index contributed by atoms with van der Waals surface area (Å²) in [5.41, 5.74) is 0. The number of carbonyl (C=O) groups excluding carboxylic acids is 1. The molecule has 1 saturated heterocycles. The summed E-state index contributed by atoms with van der Waals surface area (Å²) in [5.74, 6) is -0.407. The van der Waals surface area contributed by atoms with Crippen LogP contribution in [0.3, 0.4) is 0 Å². The van der Waals surface area contributed by atoms with Crippen molar-refractivity contribution in [1.29, 1.82) is 0 Å². The highest BCUT2D eigenvalue weighted by Crippen LogP contribution is 2.15. The molecule has 2 unspecified atom stereocenters. The summed E-state index contributed by atoms with van der Waals surface area (Å²) in [7, 11) is 2.08. The Morgan fingerprint density at radius 1 is 1.41 bits per heavy atom. The van der Waals surface area contributed by atoms with Gasteiger partial charge >= 0.3 is 5.97 Å². The Labute approximate surface area is 102 Å². The number of carboxylic acid groups (broad SMARTS) is 1. The Morgan fingerprint density at radius 3 is 2.71 bits per heavy atom. The minimum atomic E-state index is -0.842. The van der Waals surface area contributed by atoms with Crippen molar-refractivity contribution in [3.8, 4) is 0 Å². The zero-order chi connectivity index (χ0) is 12.8. The SMILES string of the molecule is CC1CN(C)CCC1NC(=O)CCCC(=O)O. The highest BCUT2D eigenvalue weighted by atomic mass is 16.4. The van der Waals surface area contributed by atoms with Gasteiger partial charge in [0.15, 0.2) is 0 Å². The molecule has 0 saturated carbocycles. The molecule has 2 N–H and O–H groups in total. The van der Waals surface area contributed by atoms with Crippen LogP contribution in [-0.2, 0) is 9.59 Å². The Bertz CT molecular complexity index is 281. The molecule has 0 aromatic carbocycles. The van der Waals surface area contributed by atoms with E-state index in [-0.39, 0.29) is 18.4 Å². The third-order valence-electron chi connectivity index (χ3n) is 3.25. The number of nitrogens with one attached hydrogen (secondary N) is 1. The van der Waals surface area contributed by atoms with Gasteiger partial charge in [0.2, 0.25) is 5.91 Å². The van der Waals surface area contributed by atoms with E-state index in [4.69, 9.17) is 5.11 Å². The van der Waals surface area contributed by atoms with Gasteiger partial charge in [-0.15, -0.1) is 0 Å². The van der Waals surface area contributed by atoms with Crippen LogP contribution in [0.1, 0.15) is 32.6 Å². The summed E-state index contributed by atoms with van der Waals surface area (Å²) in [6.45, 7) is 4.14. The predicted molar refractivity (Wildman–Crippen MR) is 64.7 cm³/mol. The summed E-state index contributed by atoms with van der Waals surface area (Å²) >= 11 is 0. The van der Waals surface area contributed by atoms with Crippen LogP contribution in [-0.4, -0.2) is 48.1 Å². The van der Waals surface area contributed by atoms with Gasteiger partial charge in [0.25, 0.3) is 0 Å². The van der Waals surface area contributed by atoms with Crippen molar-refractivity contribution in [2.24, 2.45) is 5.92 Å². The fourth-order valence-electron chi connectivity index (χ4n) is 2.25. The molecule has 17 heavy (non-hydrogen) atoms. The van der Waals surface area contributed by atoms with Gasteiger partial charge in [-0.2, -0.15) is 0 Å². The molecule has 0 radical (unpaired) electrons. The molecule has 2 atom stereocenters. The third kappa shape index (κ3) is 5.17. The fourth-order valence-corrected chi connectivity index (χ4v) is 2.25. The highest BCUT2D eigenvalue weighted by molar-refractivity contribution is 5.77. The second kappa shape index (κ2) is 6.59. The van der Waals surface area contributed by atoms with Gasteiger partial charge in [-0.3, -0.25) is 9.59 Å². The zero-order valence-electron chi connectivity index (χ0n) is 10.6. The summed E-state index contributed by atoms with van der Waals surface area (Å²) < 4.78 is 0. The lowest BCUT2D eigenvalue weighted by atomic mass is 9.94. The molecular formula is C12H22N2O3. The van der Waals surface area contributed by atoms with E-state index in [1.54, 1.807) is 0 Å². The lowest BCUT2D eigenvalue weighted by molar-refractivity contribution is -0.137. The highest BCUT2D eigenvalue weighted by Gasteiger charge is 2.25. The summed E-state index contributed by atoms with van der Waals surface area (Å²) in [4.78, 5) is 24.2. The predicted octanol–water partition coefficient (Wildman–Crippen LogP) is 0.698. The van der Waals surface area contributed by atoms with E-state index >= 15 is 0 Å². The minimum Gasteiger partial charge on any atom is -0.481 e. The van der Waals surface area contributed by atoms with Gasteiger partial charge in [0, 0.05) is 25.4 Å². The van der Waals surface area contributed by atoms with Gasteiger partial charge < -0.3 is 15.3 Å². The first kappa shape index (κ1) is 14.0. The number of hydrogen-bond donors (Lipinski definition) is 2. The van der Waals surface area contributed by atoms with Crippen LogP contribution in [0.25, 0.3) is 0 Å². The van der Waals surface area contributed by atoms with Crippen LogP contribution in [0.15, 0.2) is 0 Å². The number of aliphatic carboxylic acids is 1. The van der Waals surface area contributed by atoms with E-state index in [0.717, 1.165) is 19.5 Å². The van der Waals surface area contributed by atoms with E-state index in [9.17, 15) is 9.59 Å². The van der Waals surface area contributed by atoms with Crippen molar-refractivity contribution < 1.29 is 14.7 Å². The number of likely N-dealkylation sites (tertiary alicyclic amines) is 1. The Balaban J connectivity index is 2.23. The molecule has 1 aliphatic rings. The quantitative estimate of drug-likeness (QED) is 0.744. The summed E-state index contributed by atoms with van der Waals surface area (Å²) in [6.07, 6.45) is 1.77. The second-order valence-corrected chi connectivity index (χ2v) is 4.95. The van der Waals surface area contributed by atoms with Gasteiger partial charge in [-0.05, 0) is 32.4 Å². The molecule has 0 spiro atoms. The number of carboxylic acids is 1. The van der Waals surface area contributed by atoms with E-state index < -0.39 is 5.97 Å². The molecule has 1 heterocycles. The van der Waals surface area contributed by atoms with Crippen LogP contribution in [0, 0.1) is 5.92 Å². The average molecular weight is 242 g/mol. The normalized spacial score (nSPS) is 25.5. The standard InChI is InChI=1S/C12H22N2O3/c1-9-8-14(2)7-6-10(9)13-11(15)4-3-5-12(16)17/h9-10H,3-8H2,1-2H3,(H,13,15)(H,16,17). The van der Waals surface area contributed by atoms with Crippen molar-refractivity contribution in [1.82, 2.24) is 10.2 Å². The maximum absolute atomic E-state index is 11.6. The van der Waals surface area contributed by atoms with Crippen LogP contribution in [0.2, 0.25) is 0 Å². The van der Waals surface area contributed by atoms with Crippen molar-refractivity contribution in [2.75, 3.05) is 20.1 Å². The molecule has 5 nitrogen and oxygen atoms in total. The second-order valence-electron chi connectivity index (χ2n) is 4.95. The first-order valence-electron chi connectivity index (χ1n) is 6.18. The Kier molecular flexibility index (Phi) is 5.41. The maximum Gasteiger partial charge on any atom is 0.303 e. The number of carbonyl (C=O) groups is 2. The topological polar surface area (TPSA) is 69.6 Å². The van der Waals surface area contributed by atoms with Crippen molar-refractivity contribution in [2.45, 2.75) is 38.6 Å². The molecule has 0 aromatic rings. The maximum atomic E-state index is 11.6. The first-order valence-corrected chi connectivity index (χ1v) is 6.18. The third-order valence-corrected chi connectivity index (χ3v) is 3.25. The van der Waals surface area contributed by atoms with Crippen molar-refractivity contribution in [3.05, 3.63) is 0 Å². The molecule has 1 fully saturated rings. The van der Waals surface area contributed by atoms with E-state index in [1.165, 1.54) is 0 Å². The lowest BCUT2D eigenvalue weighted by Crippen LogP contribution is -2.48. The van der Waals surface area contributed by atoms with Crippen molar-refractivity contribution in [3.63, 3.8) is 0 Å². The van der Waals surface area contributed by atoms with E-state index in [0.29, 0.717) is 18.8 Å². The molecule has 5 heteroatoms. The van der Waals surface area contributed by atoms with Gasteiger partial charge in [-0.25, -0.2) is 0 Å². The molecule has 1 aliphatic heterocycles. The molecule has 0 aromatic heterocycles. The number of amides is 1. The lowest BCUT2D eigenvalue weighted by Gasteiger charge is -2.35. The molecule has 0 bridgehead atoms. The average Bonchev–Trinajstić information content (AvgIpc) is 2.21. The Morgan fingerprint density at radius 2 is 2.12 bits per heavy atom. The van der Waals surface area contributed by atoms with E-state index in [1.807, 2.05) is 0 Å². The van der Waals surface area contributed by atoms with Gasteiger partial charge in [-0.1, -0.05) is 6.92 Å². The number of piperidine rings is 1. The van der Waals surface area contributed by atoms with Crippen LogP contribution in [0.4, 0.5) is 0 Å². The minimum absolute atomic E-state index is 0.0207. The number of nitrogens with zero attached hydrogens (tertiary/aromatic N) is 1. The summed E-state index contributed by atoms with van der Waals surface area (Å²) in [6, 6.07) is 0.239. The molecule has 98 valence electrons. The molecule has 1 amide bonds. The molecular weight excluding hydrogens is 220 g/mol. The molecule has 0 aliphatic carbocycles. The van der Waals surface area contributed by atoms with Crippen molar-refractivity contribution >= 4 is 11.9 Å². The number of rotatable bonds is 5.